The molecule has 2 aromatic rings. The molecule has 0 radical (unpaired) electrons. The van der Waals surface area contributed by atoms with Gasteiger partial charge in [-0.15, -0.1) is 0 Å². The van der Waals surface area contributed by atoms with Crippen LogP contribution in [0.2, 0.25) is 0 Å². The molecule has 2 heterocycles. The van der Waals surface area contributed by atoms with Crippen LogP contribution in [0.15, 0.2) is 53.6 Å². The number of fused-ring (bicyclic) bond motifs is 3. The Hall–Kier alpha value is -2.40. The maximum atomic E-state index is 13.6. The molecule has 23 heavy (non-hydrogen) atoms. The van der Waals surface area contributed by atoms with Crippen LogP contribution in [0.4, 0.5) is 9.18 Å². The van der Waals surface area contributed by atoms with Gasteiger partial charge >= 0.3 is 5.37 Å². The number of halogens is 2. The lowest BCUT2D eigenvalue weighted by molar-refractivity contribution is 0.178. The summed E-state index contributed by atoms with van der Waals surface area (Å²) in [5, 5.41) is 4.95. The first-order valence-electron chi connectivity index (χ1n) is 7.20. The largest absolute Gasteiger partial charge is 0.492 e. The van der Waals surface area contributed by atoms with Crippen molar-refractivity contribution in [1.29, 1.82) is 0 Å². The van der Waals surface area contributed by atoms with Gasteiger partial charge in [-0.05, 0) is 35.4 Å². The van der Waals surface area contributed by atoms with E-state index in [9.17, 15) is 9.18 Å². The molecule has 0 aromatic heterocycles. The summed E-state index contributed by atoms with van der Waals surface area (Å²) in [5.74, 6) is 0.00842. The van der Waals surface area contributed by atoms with E-state index in [1.165, 1.54) is 17.1 Å². The number of carbonyl (C=O) groups is 1. The zero-order valence-corrected chi connectivity index (χ0v) is 12.7. The van der Waals surface area contributed by atoms with Gasteiger partial charge in [-0.3, -0.25) is 4.79 Å². The van der Waals surface area contributed by atoms with E-state index in [2.05, 4.69) is 5.10 Å². The summed E-state index contributed by atoms with van der Waals surface area (Å²) in [6, 6.07) is 13.4. The summed E-state index contributed by atoms with van der Waals surface area (Å²) < 4.78 is 19.4. The highest BCUT2D eigenvalue weighted by molar-refractivity contribution is 6.62. The maximum Gasteiger partial charge on any atom is 0.337 e. The number of ether oxygens (including phenoxy) is 1. The quantitative estimate of drug-likeness (QED) is 0.587. The number of hydrazone groups is 1. The molecule has 0 N–H and O–H groups in total. The molecule has 116 valence electrons. The van der Waals surface area contributed by atoms with Crippen LogP contribution in [0.3, 0.4) is 0 Å². The highest BCUT2D eigenvalue weighted by Gasteiger charge is 2.44. The fraction of sp³-hybridized carbons (Fsp3) is 0.176. The first kappa shape index (κ1) is 14.2. The third-order valence-electron chi connectivity index (χ3n) is 4.17. The molecule has 0 spiro atoms. The molecule has 0 saturated carbocycles. The van der Waals surface area contributed by atoms with Gasteiger partial charge in [-0.2, -0.15) is 5.10 Å². The third kappa shape index (κ3) is 2.28. The third-order valence-corrected chi connectivity index (χ3v) is 4.34. The Labute approximate surface area is 137 Å². The van der Waals surface area contributed by atoms with Crippen LogP contribution in [0.1, 0.15) is 17.2 Å². The minimum atomic E-state index is -0.668. The zero-order valence-electron chi connectivity index (χ0n) is 11.9. The van der Waals surface area contributed by atoms with Gasteiger partial charge in [0.15, 0.2) is 0 Å². The molecule has 0 fully saturated rings. The number of benzene rings is 2. The molecule has 2 aliphatic rings. The molecule has 0 aliphatic carbocycles. The van der Waals surface area contributed by atoms with Crippen LogP contribution in [-0.4, -0.2) is 22.7 Å². The van der Waals surface area contributed by atoms with Crippen LogP contribution in [0, 0.1) is 11.7 Å². The molecule has 0 saturated heterocycles. The van der Waals surface area contributed by atoms with Crippen molar-refractivity contribution in [3.63, 3.8) is 0 Å². The highest BCUT2D eigenvalue weighted by atomic mass is 35.5. The first-order chi connectivity index (χ1) is 11.1. The van der Waals surface area contributed by atoms with Crippen molar-refractivity contribution in [3.05, 3.63) is 65.5 Å². The van der Waals surface area contributed by atoms with E-state index in [0.29, 0.717) is 23.6 Å². The van der Waals surface area contributed by atoms with Crippen LogP contribution in [-0.2, 0) is 0 Å². The Kier molecular flexibility index (Phi) is 3.31. The van der Waals surface area contributed by atoms with Crippen molar-refractivity contribution in [2.24, 2.45) is 11.0 Å². The van der Waals surface area contributed by atoms with Gasteiger partial charge in [0.2, 0.25) is 0 Å². The molecular formula is C17H12ClFN2O2. The lowest BCUT2D eigenvalue weighted by Gasteiger charge is -2.28. The molecule has 2 aromatic carbocycles. The fourth-order valence-electron chi connectivity index (χ4n) is 3.18. The topological polar surface area (TPSA) is 41.9 Å². The SMILES string of the molecule is O=C(Cl)N1N=C2c3cc(F)ccc3OC[C@@H]2[C@@H]1c1ccccc1. The molecule has 4 rings (SSSR count). The van der Waals surface area contributed by atoms with E-state index < -0.39 is 5.37 Å². The Bertz CT molecular complexity index is 809. The summed E-state index contributed by atoms with van der Waals surface area (Å²) >= 11 is 5.72. The number of nitrogens with zero attached hydrogens (tertiary/aromatic N) is 2. The fourth-order valence-corrected chi connectivity index (χ4v) is 3.32. The average Bonchev–Trinajstić information content (AvgIpc) is 2.96. The van der Waals surface area contributed by atoms with Gasteiger partial charge in [-0.1, -0.05) is 30.3 Å². The van der Waals surface area contributed by atoms with Gasteiger partial charge < -0.3 is 4.74 Å². The minimum Gasteiger partial charge on any atom is -0.492 e. The normalized spacial score (nSPS) is 22.0. The number of hydrogen-bond acceptors (Lipinski definition) is 3. The summed E-state index contributed by atoms with van der Waals surface area (Å²) in [4.78, 5) is 11.8. The Balaban J connectivity index is 1.83. The number of hydrogen-bond donors (Lipinski definition) is 0. The van der Waals surface area contributed by atoms with E-state index in [0.717, 1.165) is 5.56 Å². The maximum absolute atomic E-state index is 13.6. The van der Waals surface area contributed by atoms with Crippen LogP contribution in [0.5, 0.6) is 5.75 Å². The molecule has 1 amide bonds. The van der Waals surface area contributed by atoms with E-state index in [1.807, 2.05) is 30.3 Å². The van der Waals surface area contributed by atoms with Gasteiger partial charge in [0.25, 0.3) is 0 Å². The summed E-state index contributed by atoms with van der Waals surface area (Å²) in [7, 11) is 0. The first-order valence-corrected chi connectivity index (χ1v) is 7.58. The smallest absolute Gasteiger partial charge is 0.337 e. The summed E-state index contributed by atoms with van der Waals surface area (Å²) in [6.07, 6.45) is 0. The van der Waals surface area contributed by atoms with Gasteiger partial charge in [0.1, 0.15) is 11.6 Å². The van der Waals surface area contributed by atoms with Crippen molar-refractivity contribution in [3.8, 4) is 5.75 Å². The second kappa shape index (κ2) is 5.35. The molecule has 0 unspecified atom stereocenters. The average molecular weight is 331 g/mol. The molecule has 2 atom stereocenters. The second-order valence-corrected chi connectivity index (χ2v) is 5.82. The van der Waals surface area contributed by atoms with Crippen LogP contribution >= 0.6 is 11.6 Å². The second-order valence-electron chi connectivity index (χ2n) is 5.50. The lowest BCUT2D eigenvalue weighted by Crippen LogP contribution is -2.33. The Morgan fingerprint density at radius 3 is 2.78 bits per heavy atom. The van der Waals surface area contributed by atoms with Crippen LogP contribution < -0.4 is 4.74 Å². The monoisotopic (exact) mass is 330 g/mol. The van der Waals surface area contributed by atoms with E-state index >= 15 is 0 Å². The summed E-state index contributed by atoms with van der Waals surface area (Å²) in [5.41, 5.74) is 2.12. The van der Waals surface area contributed by atoms with Gasteiger partial charge in [-0.25, -0.2) is 9.40 Å². The highest BCUT2D eigenvalue weighted by Crippen LogP contribution is 2.42. The molecule has 6 heteroatoms. The molecular weight excluding hydrogens is 319 g/mol. The predicted octanol–water partition coefficient (Wildman–Crippen LogP) is 3.95. The Morgan fingerprint density at radius 1 is 1.26 bits per heavy atom. The van der Waals surface area contributed by atoms with E-state index in [-0.39, 0.29) is 17.8 Å². The van der Waals surface area contributed by atoms with E-state index in [1.54, 1.807) is 6.07 Å². The van der Waals surface area contributed by atoms with Gasteiger partial charge in [0.05, 0.1) is 24.3 Å². The van der Waals surface area contributed by atoms with Crippen molar-refractivity contribution in [1.82, 2.24) is 5.01 Å². The lowest BCUT2D eigenvalue weighted by atomic mass is 9.86. The van der Waals surface area contributed by atoms with Gasteiger partial charge in [0, 0.05) is 5.56 Å². The van der Waals surface area contributed by atoms with Crippen molar-refractivity contribution in [2.75, 3.05) is 6.61 Å². The number of amides is 1. The number of rotatable bonds is 1. The zero-order chi connectivity index (χ0) is 16.0. The van der Waals surface area contributed by atoms with Crippen molar-refractivity contribution in [2.45, 2.75) is 6.04 Å². The summed E-state index contributed by atoms with van der Waals surface area (Å²) in [6.45, 7) is 0.359. The molecule has 0 bridgehead atoms. The number of carbonyl (C=O) groups excluding carboxylic acids is 1. The van der Waals surface area contributed by atoms with E-state index in [4.69, 9.17) is 16.3 Å². The predicted molar refractivity (Wildman–Crippen MR) is 84.2 cm³/mol. The minimum absolute atomic E-state index is 0.186. The Morgan fingerprint density at radius 2 is 2.04 bits per heavy atom. The molecule has 2 aliphatic heterocycles. The van der Waals surface area contributed by atoms with Crippen molar-refractivity contribution < 1.29 is 13.9 Å². The van der Waals surface area contributed by atoms with Crippen molar-refractivity contribution >= 4 is 22.7 Å². The molecule has 4 nitrogen and oxygen atoms in total. The van der Waals surface area contributed by atoms with Crippen LogP contribution in [0.25, 0.3) is 0 Å². The standard InChI is InChI=1S/C17H12ClFN2O2/c18-17(22)21-16(10-4-2-1-3-5-10)13-9-23-14-7-6-11(19)8-12(14)15(13)20-21/h1-8,13,16H,9H2/t13-,16-/m0/s1.